The maximum absolute atomic E-state index is 12.6. The molecule has 36 heavy (non-hydrogen) atoms. The molecule has 0 saturated carbocycles. The molecule has 7 nitrogen and oxygen atoms in total. The van der Waals surface area contributed by atoms with E-state index in [1.165, 1.54) is 6.08 Å². The number of rotatable bonds is 9. The molecule has 0 atom stereocenters. The SMILES string of the molecule is CCOc1ccc(NC(=O)/C(C#N)=C/c2cc(Br)c(OCC(=O)Nc3ccc(C)cc3)c(Br)c2)cc1. The third-order valence-electron chi connectivity index (χ3n) is 4.80. The Bertz CT molecular complexity index is 1290. The molecule has 0 unspecified atom stereocenters. The quantitative estimate of drug-likeness (QED) is 0.213. The van der Waals surface area contributed by atoms with Crippen molar-refractivity contribution in [3.8, 4) is 17.6 Å². The van der Waals surface area contributed by atoms with Crippen molar-refractivity contribution in [3.05, 3.63) is 86.3 Å². The van der Waals surface area contributed by atoms with E-state index in [-0.39, 0.29) is 18.1 Å². The number of nitrogens with zero attached hydrogens (tertiary/aromatic N) is 1. The van der Waals surface area contributed by atoms with E-state index in [1.54, 1.807) is 36.4 Å². The van der Waals surface area contributed by atoms with Crippen molar-refractivity contribution in [3.63, 3.8) is 0 Å². The number of amides is 2. The molecule has 2 amide bonds. The van der Waals surface area contributed by atoms with Crippen molar-refractivity contribution in [1.29, 1.82) is 5.26 Å². The number of hydrogen-bond acceptors (Lipinski definition) is 5. The molecular weight excluding hydrogens is 590 g/mol. The van der Waals surface area contributed by atoms with Crippen molar-refractivity contribution in [2.75, 3.05) is 23.8 Å². The van der Waals surface area contributed by atoms with E-state index in [1.807, 2.05) is 44.2 Å². The molecule has 3 rings (SSSR count). The molecule has 0 saturated heterocycles. The summed E-state index contributed by atoms with van der Waals surface area (Å²) >= 11 is 6.87. The summed E-state index contributed by atoms with van der Waals surface area (Å²) in [5.41, 5.74) is 2.83. The third kappa shape index (κ3) is 7.70. The molecule has 0 aliphatic heterocycles. The minimum absolute atomic E-state index is 0.0752. The average Bonchev–Trinajstić information content (AvgIpc) is 2.84. The highest BCUT2D eigenvalue weighted by molar-refractivity contribution is 9.11. The molecule has 0 aromatic heterocycles. The fourth-order valence-electron chi connectivity index (χ4n) is 3.09. The van der Waals surface area contributed by atoms with Crippen molar-refractivity contribution in [1.82, 2.24) is 0 Å². The molecule has 0 fully saturated rings. The van der Waals surface area contributed by atoms with Crippen molar-refractivity contribution in [2.45, 2.75) is 13.8 Å². The van der Waals surface area contributed by atoms with Gasteiger partial charge in [-0.25, -0.2) is 0 Å². The highest BCUT2D eigenvalue weighted by Gasteiger charge is 2.14. The van der Waals surface area contributed by atoms with Gasteiger partial charge in [0.2, 0.25) is 0 Å². The molecule has 9 heteroatoms. The van der Waals surface area contributed by atoms with Gasteiger partial charge in [0.15, 0.2) is 6.61 Å². The molecule has 3 aromatic carbocycles. The Balaban J connectivity index is 1.66. The fraction of sp³-hybridized carbons (Fsp3) is 0.148. The monoisotopic (exact) mass is 611 g/mol. The largest absolute Gasteiger partial charge is 0.494 e. The van der Waals surface area contributed by atoms with Crippen LogP contribution in [0.25, 0.3) is 6.08 Å². The standard InChI is InChI=1S/C27H23Br2N3O4/c1-3-35-22-10-8-21(9-11-22)32-27(34)19(15-30)12-18-13-23(28)26(24(29)14-18)36-16-25(33)31-20-6-4-17(2)5-7-20/h4-14H,3,16H2,1-2H3,(H,31,33)(H,32,34)/b19-12+. The van der Waals surface area contributed by atoms with E-state index < -0.39 is 5.91 Å². The van der Waals surface area contributed by atoms with Crippen LogP contribution in [0.4, 0.5) is 11.4 Å². The first-order chi connectivity index (χ1) is 17.3. The number of ether oxygens (including phenoxy) is 2. The first-order valence-corrected chi connectivity index (χ1v) is 12.5. The molecule has 0 heterocycles. The Labute approximate surface area is 226 Å². The van der Waals surface area contributed by atoms with Gasteiger partial charge in [-0.05, 0) is 106 Å². The summed E-state index contributed by atoms with van der Waals surface area (Å²) in [6.45, 7) is 4.20. The van der Waals surface area contributed by atoms with Gasteiger partial charge in [-0.1, -0.05) is 17.7 Å². The number of benzene rings is 3. The number of carbonyl (C=O) groups excluding carboxylic acids is 2. The van der Waals surface area contributed by atoms with E-state index in [4.69, 9.17) is 9.47 Å². The maximum atomic E-state index is 12.6. The second-order valence-corrected chi connectivity index (χ2v) is 9.31. The zero-order valence-electron chi connectivity index (χ0n) is 19.6. The van der Waals surface area contributed by atoms with Crippen LogP contribution in [-0.4, -0.2) is 25.0 Å². The number of hydrogen-bond donors (Lipinski definition) is 2. The molecule has 0 bridgehead atoms. The van der Waals surface area contributed by atoms with Crippen LogP contribution < -0.4 is 20.1 Å². The zero-order chi connectivity index (χ0) is 26.1. The maximum Gasteiger partial charge on any atom is 0.266 e. The Morgan fingerprint density at radius 3 is 2.11 bits per heavy atom. The molecule has 3 aromatic rings. The van der Waals surface area contributed by atoms with Crippen LogP contribution in [0.15, 0.2) is 75.2 Å². The topological polar surface area (TPSA) is 100 Å². The van der Waals surface area contributed by atoms with E-state index in [0.717, 1.165) is 5.56 Å². The molecule has 184 valence electrons. The summed E-state index contributed by atoms with van der Waals surface area (Å²) in [6, 6.07) is 19.6. The second-order valence-electron chi connectivity index (χ2n) is 7.60. The minimum atomic E-state index is -0.540. The minimum Gasteiger partial charge on any atom is -0.494 e. The lowest BCUT2D eigenvalue weighted by Gasteiger charge is -2.12. The molecule has 0 aliphatic carbocycles. The van der Waals surface area contributed by atoms with Gasteiger partial charge in [0.25, 0.3) is 11.8 Å². The number of nitriles is 1. The number of nitrogens with one attached hydrogen (secondary N) is 2. The number of aryl methyl sites for hydroxylation is 1. The molecule has 0 spiro atoms. The van der Waals surface area contributed by atoms with Crippen LogP contribution in [0.3, 0.4) is 0 Å². The average molecular weight is 613 g/mol. The lowest BCUT2D eigenvalue weighted by atomic mass is 10.1. The Hall–Kier alpha value is -3.61. The molecule has 0 radical (unpaired) electrons. The zero-order valence-corrected chi connectivity index (χ0v) is 22.8. The van der Waals surface area contributed by atoms with Gasteiger partial charge in [-0.2, -0.15) is 5.26 Å². The van der Waals surface area contributed by atoms with E-state index in [2.05, 4.69) is 42.5 Å². The smallest absolute Gasteiger partial charge is 0.266 e. The van der Waals surface area contributed by atoms with Crippen LogP contribution in [0.5, 0.6) is 11.5 Å². The summed E-state index contributed by atoms with van der Waals surface area (Å²) in [7, 11) is 0. The van der Waals surface area contributed by atoms with E-state index in [9.17, 15) is 14.9 Å². The summed E-state index contributed by atoms with van der Waals surface area (Å²) in [4.78, 5) is 24.9. The number of anilines is 2. The van der Waals surface area contributed by atoms with Crippen molar-refractivity contribution in [2.24, 2.45) is 0 Å². The molecule has 2 N–H and O–H groups in total. The van der Waals surface area contributed by atoms with Crippen molar-refractivity contribution >= 4 is 61.1 Å². The van der Waals surface area contributed by atoms with Gasteiger partial charge in [-0.15, -0.1) is 0 Å². The van der Waals surface area contributed by atoms with Gasteiger partial charge in [-0.3, -0.25) is 9.59 Å². The summed E-state index contributed by atoms with van der Waals surface area (Å²) in [5, 5.41) is 15.0. The predicted molar refractivity (Wildman–Crippen MR) is 147 cm³/mol. The van der Waals surface area contributed by atoms with Gasteiger partial charge in [0, 0.05) is 11.4 Å². The fourth-order valence-corrected chi connectivity index (χ4v) is 4.54. The molecule has 0 aliphatic rings. The van der Waals surface area contributed by atoms with Gasteiger partial charge in [0.05, 0.1) is 15.6 Å². The van der Waals surface area contributed by atoms with Gasteiger partial charge < -0.3 is 20.1 Å². The molecular formula is C27H23Br2N3O4. The summed E-state index contributed by atoms with van der Waals surface area (Å²) in [6.07, 6.45) is 1.47. The van der Waals surface area contributed by atoms with Crippen LogP contribution in [0.2, 0.25) is 0 Å². The predicted octanol–water partition coefficient (Wildman–Crippen LogP) is 6.48. The Kier molecular flexibility index (Phi) is 9.68. The normalized spacial score (nSPS) is 10.8. The number of carbonyl (C=O) groups is 2. The Morgan fingerprint density at radius 2 is 1.53 bits per heavy atom. The van der Waals surface area contributed by atoms with Crippen molar-refractivity contribution < 1.29 is 19.1 Å². The van der Waals surface area contributed by atoms with Crippen LogP contribution in [-0.2, 0) is 9.59 Å². The van der Waals surface area contributed by atoms with Crippen LogP contribution >= 0.6 is 31.9 Å². The van der Waals surface area contributed by atoms with Crippen LogP contribution in [0.1, 0.15) is 18.1 Å². The first-order valence-electron chi connectivity index (χ1n) is 10.9. The third-order valence-corrected chi connectivity index (χ3v) is 5.98. The van der Waals surface area contributed by atoms with Gasteiger partial charge >= 0.3 is 0 Å². The summed E-state index contributed by atoms with van der Waals surface area (Å²) in [5.74, 6) is 0.265. The van der Waals surface area contributed by atoms with E-state index >= 15 is 0 Å². The highest BCUT2D eigenvalue weighted by atomic mass is 79.9. The lowest BCUT2D eigenvalue weighted by molar-refractivity contribution is -0.118. The number of halogens is 2. The Morgan fingerprint density at radius 1 is 0.944 bits per heavy atom. The first kappa shape index (κ1) is 27.0. The summed E-state index contributed by atoms with van der Waals surface area (Å²) < 4.78 is 12.2. The van der Waals surface area contributed by atoms with E-state index in [0.29, 0.717) is 44.0 Å². The highest BCUT2D eigenvalue weighted by Crippen LogP contribution is 2.35. The second kappa shape index (κ2) is 12.9. The van der Waals surface area contributed by atoms with Crippen LogP contribution in [0, 0.1) is 18.3 Å². The van der Waals surface area contributed by atoms with Gasteiger partial charge in [0.1, 0.15) is 23.1 Å². The lowest BCUT2D eigenvalue weighted by Crippen LogP contribution is -2.20.